The average Bonchev–Trinajstić information content (AvgIpc) is 3.45. The number of anilines is 1. The molecule has 2 heterocycles. The highest BCUT2D eigenvalue weighted by molar-refractivity contribution is 7.99. The zero-order chi connectivity index (χ0) is 22.2. The summed E-state index contributed by atoms with van der Waals surface area (Å²) in [5.74, 6) is 1.53. The van der Waals surface area contributed by atoms with Gasteiger partial charge in [0.2, 0.25) is 11.0 Å². The van der Waals surface area contributed by atoms with Gasteiger partial charge in [-0.05, 0) is 24.8 Å². The molecule has 0 unspecified atom stereocenters. The Bertz CT molecular complexity index is 1030. The Labute approximate surface area is 196 Å². The molecule has 0 aliphatic heterocycles. The lowest BCUT2D eigenvalue weighted by Crippen LogP contribution is -2.14. The van der Waals surface area contributed by atoms with Crippen molar-refractivity contribution in [3.63, 3.8) is 0 Å². The van der Waals surface area contributed by atoms with Crippen LogP contribution in [0.2, 0.25) is 0 Å². The van der Waals surface area contributed by atoms with E-state index in [4.69, 9.17) is 0 Å². The molecule has 0 saturated heterocycles. The molecular formula is C23H28N6OS2. The molecule has 1 saturated carbocycles. The van der Waals surface area contributed by atoms with Crippen LogP contribution < -0.4 is 5.32 Å². The maximum Gasteiger partial charge on any atom is 0.236 e. The number of carbonyl (C=O) groups excluding carboxylic acids is 1. The molecule has 0 spiro atoms. The fourth-order valence-corrected chi connectivity index (χ4v) is 5.60. The number of thioether (sulfide) groups is 1. The van der Waals surface area contributed by atoms with Crippen LogP contribution in [0.5, 0.6) is 0 Å². The molecule has 9 heteroatoms. The van der Waals surface area contributed by atoms with E-state index in [0.29, 0.717) is 17.6 Å². The topological polar surface area (TPSA) is 85.6 Å². The van der Waals surface area contributed by atoms with Gasteiger partial charge in [-0.2, -0.15) is 0 Å². The molecule has 1 aliphatic carbocycles. The summed E-state index contributed by atoms with van der Waals surface area (Å²) >= 11 is 2.88. The Morgan fingerprint density at radius 2 is 1.94 bits per heavy atom. The molecule has 3 aromatic rings. The Morgan fingerprint density at radius 1 is 1.12 bits per heavy atom. The lowest BCUT2D eigenvalue weighted by Gasteiger charge is -2.18. The molecular weight excluding hydrogens is 440 g/mol. The van der Waals surface area contributed by atoms with Gasteiger partial charge in [0.05, 0.1) is 5.75 Å². The van der Waals surface area contributed by atoms with Gasteiger partial charge in [-0.1, -0.05) is 78.8 Å². The first-order valence-electron chi connectivity index (χ1n) is 11.1. The predicted octanol–water partition coefficient (Wildman–Crippen LogP) is 4.88. The van der Waals surface area contributed by atoms with Crippen LogP contribution in [0.25, 0.3) is 0 Å². The number of aromatic nitrogens is 5. The lowest BCUT2D eigenvalue weighted by molar-refractivity contribution is -0.113. The monoisotopic (exact) mass is 468 g/mol. The van der Waals surface area contributed by atoms with Crippen LogP contribution in [0.3, 0.4) is 0 Å². The van der Waals surface area contributed by atoms with Gasteiger partial charge in [-0.25, -0.2) is 0 Å². The van der Waals surface area contributed by atoms with Crippen LogP contribution in [0.1, 0.15) is 54.4 Å². The third kappa shape index (κ3) is 6.04. The van der Waals surface area contributed by atoms with E-state index in [-0.39, 0.29) is 11.7 Å². The Balaban J connectivity index is 1.31. The minimum Gasteiger partial charge on any atom is -0.302 e. The van der Waals surface area contributed by atoms with Gasteiger partial charge in [-0.15, -0.1) is 27.0 Å². The van der Waals surface area contributed by atoms with Crippen molar-refractivity contribution in [2.24, 2.45) is 0 Å². The molecule has 1 N–H and O–H groups in total. The van der Waals surface area contributed by atoms with E-state index >= 15 is 0 Å². The van der Waals surface area contributed by atoms with Crippen molar-refractivity contribution in [3.8, 4) is 0 Å². The minimum absolute atomic E-state index is 0.111. The third-order valence-electron chi connectivity index (χ3n) is 5.56. The first-order chi connectivity index (χ1) is 15.7. The van der Waals surface area contributed by atoms with Crippen molar-refractivity contribution in [2.45, 2.75) is 62.6 Å². The van der Waals surface area contributed by atoms with Crippen LogP contribution in [-0.2, 0) is 24.2 Å². The Kier molecular flexibility index (Phi) is 8.06. The molecule has 32 heavy (non-hydrogen) atoms. The molecule has 1 amide bonds. The highest BCUT2D eigenvalue weighted by Crippen LogP contribution is 2.35. The zero-order valence-electron chi connectivity index (χ0n) is 18.1. The van der Waals surface area contributed by atoms with E-state index in [2.05, 4.69) is 44.4 Å². The molecule has 0 atom stereocenters. The van der Waals surface area contributed by atoms with Crippen molar-refractivity contribution < 1.29 is 4.79 Å². The second kappa shape index (κ2) is 11.4. The van der Waals surface area contributed by atoms with E-state index in [9.17, 15) is 4.79 Å². The SMILES string of the molecule is C=CCn1c(CCc2ccccc2)nnc1SCC(=O)Nc1nnc(C2CCCCC2)s1. The zero-order valence-corrected chi connectivity index (χ0v) is 19.7. The molecule has 1 aromatic carbocycles. The van der Waals surface area contributed by atoms with E-state index in [1.54, 1.807) is 0 Å². The van der Waals surface area contributed by atoms with E-state index < -0.39 is 0 Å². The summed E-state index contributed by atoms with van der Waals surface area (Å²) in [6.07, 6.45) is 9.65. The van der Waals surface area contributed by atoms with Gasteiger partial charge in [-0.3, -0.25) is 10.1 Å². The summed E-state index contributed by atoms with van der Waals surface area (Å²) in [4.78, 5) is 12.5. The van der Waals surface area contributed by atoms with Gasteiger partial charge in [0.15, 0.2) is 5.16 Å². The number of nitrogens with zero attached hydrogens (tertiary/aromatic N) is 5. The highest BCUT2D eigenvalue weighted by Gasteiger charge is 2.20. The fraction of sp³-hybridized carbons (Fsp3) is 0.435. The third-order valence-corrected chi connectivity index (χ3v) is 7.53. The van der Waals surface area contributed by atoms with Crippen LogP contribution in [0.4, 0.5) is 5.13 Å². The maximum atomic E-state index is 12.5. The highest BCUT2D eigenvalue weighted by atomic mass is 32.2. The summed E-state index contributed by atoms with van der Waals surface area (Å²) < 4.78 is 2.03. The number of benzene rings is 1. The number of hydrogen-bond donors (Lipinski definition) is 1. The van der Waals surface area contributed by atoms with Gasteiger partial charge in [0.25, 0.3) is 0 Å². The number of carbonyl (C=O) groups is 1. The van der Waals surface area contributed by atoms with Crippen molar-refractivity contribution in [3.05, 3.63) is 59.4 Å². The summed E-state index contributed by atoms with van der Waals surface area (Å²) in [5.41, 5.74) is 1.26. The van der Waals surface area contributed by atoms with Gasteiger partial charge in [0.1, 0.15) is 10.8 Å². The van der Waals surface area contributed by atoms with Crippen LogP contribution >= 0.6 is 23.1 Å². The summed E-state index contributed by atoms with van der Waals surface area (Å²) in [6.45, 7) is 4.46. The molecule has 0 bridgehead atoms. The summed E-state index contributed by atoms with van der Waals surface area (Å²) in [6, 6.07) is 10.3. The molecule has 168 valence electrons. The number of nitrogens with one attached hydrogen (secondary N) is 1. The van der Waals surface area contributed by atoms with Gasteiger partial charge >= 0.3 is 0 Å². The summed E-state index contributed by atoms with van der Waals surface area (Å²) in [7, 11) is 0. The lowest BCUT2D eigenvalue weighted by atomic mass is 9.90. The first-order valence-corrected chi connectivity index (χ1v) is 12.9. The van der Waals surface area contributed by atoms with Crippen LogP contribution in [-0.4, -0.2) is 36.6 Å². The molecule has 1 fully saturated rings. The predicted molar refractivity (Wildman–Crippen MR) is 129 cm³/mol. The molecule has 4 rings (SSSR count). The van der Waals surface area contributed by atoms with Crippen LogP contribution in [0.15, 0.2) is 48.1 Å². The quantitative estimate of drug-likeness (QED) is 0.337. The Morgan fingerprint density at radius 3 is 2.72 bits per heavy atom. The van der Waals surface area contributed by atoms with Crippen molar-refractivity contribution in [1.29, 1.82) is 0 Å². The Hall–Kier alpha value is -2.52. The van der Waals surface area contributed by atoms with Crippen molar-refractivity contribution in [2.75, 3.05) is 11.1 Å². The smallest absolute Gasteiger partial charge is 0.236 e. The van der Waals surface area contributed by atoms with Crippen molar-refractivity contribution >= 4 is 34.1 Å². The standard InChI is InChI=1S/C23H28N6OS2/c1-2-15-29-19(14-13-17-9-5-3-6-10-17)25-28-23(29)31-16-20(30)24-22-27-26-21(32-22)18-11-7-4-8-12-18/h2-3,5-6,9-10,18H,1,4,7-8,11-16H2,(H,24,27,30). The number of aryl methyl sites for hydroxylation is 2. The number of allylic oxidation sites excluding steroid dienone is 1. The first kappa shape index (κ1) is 22.7. The van der Waals surface area contributed by atoms with Crippen LogP contribution in [0, 0.1) is 0 Å². The fourth-order valence-electron chi connectivity index (χ4n) is 3.91. The second-order valence-electron chi connectivity index (χ2n) is 7.90. The van der Waals surface area contributed by atoms with Gasteiger partial charge in [0, 0.05) is 18.9 Å². The minimum atomic E-state index is -0.111. The largest absolute Gasteiger partial charge is 0.302 e. The number of amides is 1. The molecule has 7 nitrogen and oxygen atoms in total. The number of rotatable bonds is 10. The normalized spacial score (nSPS) is 14.4. The van der Waals surface area contributed by atoms with E-state index in [1.165, 1.54) is 60.8 Å². The second-order valence-corrected chi connectivity index (χ2v) is 9.85. The molecule has 1 aliphatic rings. The molecule has 0 radical (unpaired) electrons. The van der Waals surface area contributed by atoms with E-state index in [0.717, 1.165) is 28.8 Å². The van der Waals surface area contributed by atoms with Crippen molar-refractivity contribution in [1.82, 2.24) is 25.0 Å². The maximum absolute atomic E-state index is 12.5. The molecule has 2 aromatic heterocycles. The average molecular weight is 469 g/mol. The summed E-state index contributed by atoms with van der Waals surface area (Å²) in [5, 5.41) is 22.4. The number of hydrogen-bond acceptors (Lipinski definition) is 7. The van der Waals surface area contributed by atoms with Gasteiger partial charge < -0.3 is 4.57 Å². The van der Waals surface area contributed by atoms with E-state index in [1.807, 2.05) is 28.8 Å².